The summed E-state index contributed by atoms with van der Waals surface area (Å²) in [5.41, 5.74) is 2.15. The van der Waals surface area contributed by atoms with Crippen molar-refractivity contribution in [2.45, 2.75) is 0 Å². The van der Waals surface area contributed by atoms with Crippen LogP contribution in [-0.4, -0.2) is 21.0 Å². The van der Waals surface area contributed by atoms with Crippen LogP contribution >= 0.6 is 0 Å². The molecule has 0 aromatic carbocycles. The third kappa shape index (κ3) is 1.19. The zero-order chi connectivity index (χ0) is 9.30. The number of carboxylic acids is 1. The summed E-state index contributed by atoms with van der Waals surface area (Å²) < 4.78 is 0. The summed E-state index contributed by atoms with van der Waals surface area (Å²) in [7, 11) is 0. The molecule has 1 aromatic rings. The van der Waals surface area contributed by atoms with Crippen LogP contribution in [0.2, 0.25) is 0 Å². The highest BCUT2D eigenvalue weighted by Crippen LogP contribution is 1.96. The molecule has 0 fully saturated rings. The van der Waals surface area contributed by atoms with Gasteiger partial charge in [0.1, 0.15) is 5.69 Å². The van der Waals surface area contributed by atoms with E-state index in [1.807, 2.05) is 4.98 Å². The Kier molecular flexibility index (Phi) is 1.70. The minimum atomic E-state index is -1.45. The molecule has 1 rings (SSSR count). The molecule has 0 saturated carbocycles. The summed E-state index contributed by atoms with van der Waals surface area (Å²) in [5.74, 6) is -1.45. The van der Waals surface area contributed by atoms with Gasteiger partial charge in [-0.2, -0.15) is 0 Å². The number of rotatable bonds is 1. The molecule has 0 aliphatic rings. The fourth-order valence-electron chi connectivity index (χ4n) is 0.665. The van der Waals surface area contributed by atoms with E-state index in [0.29, 0.717) is 0 Å². The maximum Gasteiger partial charge on any atom is 0.354 e. The minimum absolute atomic E-state index is 0.512. The van der Waals surface area contributed by atoms with E-state index in [1.165, 1.54) is 0 Å². The molecule has 0 amide bonds. The quantitative estimate of drug-likeness (QED) is 0.402. The number of nitrogens with one attached hydrogen (secondary N) is 2. The van der Waals surface area contributed by atoms with E-state index < -0.39 is 28.6 Å². The number of aromatic nitrogens is 2. The molecule has 0 spiro atoms. The standard InChI is InChI=1S/C5H5N3O4/c6-1-2(4(10)11)7-5(12)8-3(1)9/h6H2,(H,10,11)(H2,7,8,9,12). The molecule has 1 heterocycles. The Balaban J connectivity index is 3.59. The van der Waals surface area contributed by atoms with E-state index in [0.717, 1.165) is 0 Å². The predicted molar refractivity (Wildman–Crippen MR) is 39.1 cm³/mol. The van der Waals surface area contributed by atoms with Crippen molar-refractivity contribution >= 4 is 11.7 Å². The lowest BCUT2D eigenvalue weighted by Crippen LogP contribution is -2.28. The number of anilines is 1. The Labute approximate surface area is 64.9 Å². The van der Waals surface area contributed by atoms with Crippen molar-refractivity contribution in [3.8, 4) is 0 Å². The Morgan fingerprint density at radius 1 is 1.33 bits per heavy atom. The molecule has 5 N–H and O–H groups in total. The van der Waals surface area contributed by atoms with Crippen LogP contribution in [0.4, 0.5) is 5.69 Å². The van der Waals surface area contributed by atoms with Crippen LogP contribution in [-0.2, 0) is 0 Å². The summed E-state index contributed by atoms with van der Waals surface area (Å²) in [6, 6.07) is 0. The van der Waals surface area contributed by atoms with Crippen LogP contribution in [0.25, 0.3) is 0 Å². The van der Waals surface area contributed by atoms with Gasteiger partial charge >= 0.3 is 11.7 Å². The van der Waals surface area contributed by atoms with E-state index in [-0.39, 0.29) is 0 Å². The van der Waals surface area contributed by atoms with Crippen molar-refractivity contribution in [1.82, 2.24) is 9.97 Å². The molecule has 0 unspecified atom stereocenters. The van der Waals surface area contributed by atoms with Gasteiger partial charge in [-0.25, -0.2) is 9.59 Å². The number of aromatic carboxylic acids is 1. The first-order chi connectivity index (χ1) is 5.52. The number of nitrogen functional groups attached to an aromatic ring is 1. The maximum absolute atomic E-state index is 10.7. The van der Waals surface area contributed by atoms with Crippen LogP contribution in [0, 0.1) is 0 Å². The zero-order valence-corrected chi connectivity index (χ0v) is 5.75. The van der Waals surface area contributed by atoms with Crippen LogP contribution in [0.3, 0.4) is 0 Å². The van der Waals surface area contributed by atoms with Crippen molar-refractivity contribution < 1.29 is 9.90 Å². The largest absolute Gasteiger partial charge is 0.477 e. The summed E-state index contributed by atoms with van der Waals surface area (Å²) in [6.45, 7) is 0. The van der Waals surface area contributed by atoms with Crippen molar-refractivity contribution in [2.75, 3.05) is 5.73 Å². The predicted octanol–water partition coefficient (Wildman–Crippen LogP) is -1.66. The number of nitrogens with two attached hydrogens (primary N) is 1. The smallest absolute Gasteiger partial charge is 0.354 e. The average molecular weight is 171 g/mol. The van der Waals surface area contributed by atoms with E-state index in [1.54, 1.807) is 4.98 Å². The monoisotopic (exact) mass is 171 g/mol. The van der Waals surface area contributed by atoms with Crippen LogP contribution in [0.5, 0.6) is 0 Å². The van der Waals surface area contributed by atoms with E-state index >= 15 is 0 Å². The highest BCUT2D eigenvalue weighted by molar-refractivity contribution is 5.90. The maximum atomic E-state index is 10.7. The highest BCUT2D eigenvalue weighted by Gasteiger charge is 2.11. The molecule has 0 aliphatic heterocycles. The molecule has 0 saturated heterocycles. The van der Waals surface area contributed by atoms with Gasteiger partial charge in [-0.05, 0) is 0 Å². The molecule has 7 heteroatoms. The van der Waals surface area contributed by atoms with E-state index in [2.05, 4.69) is 0 Å². The Bertz CT molecular complexity index is 429. The molecule has 64 valence electrons. The average Bonchev–Trinajstić information content (AvgIpc) is 1.96. The molecular weight excluding hydrogens is 166 g/mol. The van der Waals surface area contributed by atoms with Gasteiger partial charge in [-0.15, -0.1) is 0 Å². The number of carboxylic acid groups (broad SMARTS) is 1. The highest BCUT2D eigenvalue weighted by atomic mass is 16.4. The molecule has 12 heavy (non-hydrogen) atoms. The van der Waals surface area contributed by atoms with Crippen LogP contribution < -0.4 is 17.0 Å². The van der Waals surface area contributed by atoms with Gasteiger partial charge in [-0.3, -0.25) is 14.8 Å². The SMILES string of the molecule is Nc1c(C(=O)O)[nH]c(=O)[nH]c1=O. The second kappa shape index (κ2) is 2.53. The number of hydrogen-bond acceptors (Lipinski definition) is 4. The molecular formula is C5H5N3O4. The van der Waals surface area contributed by atoms with Crippen molar-refractivity contribution in [3.63, 3.8) is 0 Å². The lowest BCUT2D eigenvalue weighted by Gasteiger charge is -1.96. The second-order valence-electron chi connectivity index (χ2n) is 2.00. The summed E-state index contributed by atoms with van der Waals surface area (Å²) in [6.07, 6.45) is 0. The minimum Gasteiger partial charge on any atom is -0.477 e. The van der Waals surface area contributed by atoms with Crippen molar-refractivity contribution in [3.05, 3.63) is 26.5 Å². The number of carbonyl (C=O) groups is 1. The zero-order valence-electron chi connectivity index (χ0n) is 5.75. The second-order valence-corrected chi connectivity index (χ2v) is 2.00. The van der Waals surface area contributed by atoms with Gasteiger partial charge < -0.3 is 10.8 Å². The lowest BCUT2D eigenvalue weighted by molar-refractivity contribution is 0.0691. The first-order valence-electron chi connectivity index (χ1n) is 2.87. The Morgan fingerprint density at radius 3 is 2.42 bits per heavy atom. The van der Waals surface area contributed by atoms with Gasteiger partial charge in [0.15, 0.2) is 5.69 Å². The number of aromatic amines is 2. The molecule has 0 bridgehead atoms. The molecule has 0 radical (unpaired) electrons. The van der Waals surface area contributed by atoms with Gasteiger partial charge in [0.2, 0.25) is 0 Å². The third-order valence-electron chi connectivity index (χ3n) is 1.19. The van der Waals surface area contributed by atoms with E-state index in [4.69, 9.17) is 10.8 Å². The molecule has 0 atom stereocenters. The summed E-state index contributed by atoms with van der Waals surface area (Å²) >= 11 is 0. The Morgan fingerprint density at radius 2 is 1.92 bits per heavy atom. The fraction of sp³-hybridized carbons (Fsp3) is 0. The van der Waals surface area contributed by atoms with Crippen molar-refractivity contribution in [1.29, 1.82) is 0 Å². The normalized spacial score (nSPS) is 9.67. The number of H-pyrrole nitrogens is 2. The third-order valence-corrected chi connectivity index (χ3v) is 1.19. The van der Waals surface area contributed by atoms with Crippen molar-refractivity contribution in [2.24, 2.45) is 0 Å². The summed E-state index contributed by atoms with van der Waals surface area (Å²) in [4.78, 5) is 35.2. The first kappa shape index (κ1) is 8.05. The van der Waals surface area contributed by atoms with Gasteiger partial charge in [0.05, 0.1) is 0 Å². The fourth-order valence-corrected chi connectivity index (χ4v) is 0.665. The lowest BCUT2D eigenvalue weighted by atomic mass is 10.3. The Hall–Kier alpha value is -2.05. The molecule has 1 aromatic heterocycles. The molecule has 0 aliphatic carbocycles. The van der Waals surface area contributed by atoms with Gasteiger partial charge in [-0.1, -0.05) is 0 Å². The summed E-state index contributed by atoms with van der Waals surface area (Å²) in [5, 5.41) is 8.41. The van der Waals surface area contributed by atoms with Gasteiger partial charge in [0.25, 0.3) is 5.56 Å². The first-order valence-corrected chi connectivity index (χ1v) is 2.87. The number of hydrogen-bond donors (Lipinski definition) is 4. The molecule has 7 nitrogen and oxygen atoms in total. The van der Waals surface area contributed by atoms with Crippen LogP contribution in [0.1, 0.15) is 10.5 Å². The van der Waals surface area contributed by atoms with E-state index in [9.17, 15) is 14.4 Å². The van der Waals surface area contributed by atoms with Crippen LogP contribution in [0.15, 0.2) is 9.59 Å². The van der Waals surface area contributed by atoms with Gasteiger partial charge in [0, 0.05) is 0 Å². The topological polar surface area (TPSA) is 129 Å².